The number of Topliss-reactive ketones (excluding diaryl/α,β-unsaturated/α-hetero) is 1. The van der Waals surface area contributed by atoms with Crippen LogP contribution in [0.15, 0.2) is 18.2 Å². The Morgan fingerprint density at radius 2 is 1.65 bits per heavy atom. The van der Waals surface area contributed by atoms with Crippen molar-refractivity contribution in [3.8, 4) is 0 Å². The molecule has 0 unspecified atom stereocenters. The van der Waals surface area contributed by atoms with Crippen molar-refractivity contribution >= 4 is 11.8 Å². The Bertz CT molecular complexity index is 498. The maximum Gasteiger partial charge on any atom is 0.307 e. The van der Waals surface area contributed by atoms with Crippen LogP contribution in [0.1, 0.15) is 44.5 Å². The molecule has 0 saturated carbocycles. The van der Waals surface area contributed by atoms with Gasteiger partial charge in [0, 0.05) is 17.5 Å². The van der Waals surface area contributed by atoms with Crippen LogP contribution in [0, 0.1) is 17.6 Å². The van der Waals surface area contributed by atoms with Crippen LogP contribution in [0.5, 0.6) is 0 Å². The molecule has 0 heterocycles. The molecule has 1 aromatic rings. The number of esters is 1. The first-order chi connectivity index (χ1) is 9.08. The number of hydrogen-bond donors (Lipinski definition) is 0. The minimum Gasteiger partial charge on any atom is -0.460 e. The molecule has 0 fully saturated rings. The van der Waals surface area contributed by atoms with Gasteiger partial charge in [-0.1, -0.05) is 6.92 Å². The molecular formula is C15H18F2O3. The molecule has 0 aliphatic carbocycles. The summed E-state index contributed by atoms with van der Waals surface area (Å²) in [5.74, 6) is -3.36. The first-order valence-electron chi connectivity index (χ1n) is 6.30. The zero-order valence-electron chi connectivity index (χ0n) is 12.0. The van der Waals surface area contributed by atoms with E-state index in [1.807, 2.05) is 0 Å². The van der Waals surface area contributed by atoms with E-state index in [2.05, 4.69) is 0 Å². The van der Waals surface area contributed by atoms with Crippen molar-refractivity contribution in [2.45, 2.75) is 39.7 Å². The zero-order chi connectivity index (χ0) is 15.5. The molecule has 3 nitrogen and oxygen atoms in total. The normalized spacial score (nSPS) is 12.9. The fourth-order valence-electron chi connectivity index (χ4n) is 1.71. The quantitative estimate of drug-likeness (QED) is 0.627. The highest BCUT2D eigenvalue weighted by Gasteiger charge is 2.23. The van der Waals surface area contributed by atoms with Crippen LogP contribution < -0.4 is 0 Å². The Kier molecular flexibility index (Phi) is 4.98. The molecule has 0 bridgehead atoms. The van der Waals surface area contributed by atoms with Crippen molar-refractivity contribution in [1.29, 1.82) is 0 Å². The van der Waals surface area contributed by atoms with Crippen LogP contribution in [0.4, 0.5) is 8.78 Å². The molecule has 20 heavy (non-hydrogen) atoms. The summed E-state index contributed by atoms with van der Waals surface area (Å²) in [7, 11) is 0. The van der Waals surface area contributed by atoms with Crippen LogP contribution in [0.2, 0.25) is 0 Å². The summed E-state index contributed by atoms with van der Waals surface area (Å²) in [6.07, 6.45) is -0.131. The van der Waals surface area contributed by atoms with Gasteiger partial charge in [0.25, 0.3) is 0 Å². The highest BCUT2D eigenvalue weighted by molar-refractivity contribution is 5.99. The second-order valence-electron chi connectivity index (χ2n) is 5.71. The summed E-state index contributed by atoms with van der Waals surface area (Å²) < 4.78 is 31.2. The lowest BCUT2D eigenvalue weighted by Gasteiger charge is -2.20. The largest absolute Gasteiger partial charge is 0.460 e. The zero-order valence-corrected chi connectivity index (χ0v) is 12.0. The molecule has 0 amide bonds. The van der Waals surface area contributed by atoms with E-state index in [1.165, 1.54) is 6.92 Å². The number of carbonyl (C=O) groups excluding carboxylic acids is 2. The van der Waals surface area contributed by atoms with Crippen molar-refractivity contribution in [3.05, 3.63) is 35.4 Å². The first kappa shape index (κ1) is 16.3. The Labute approximate surface area is 116 Å². The van der Waals surface area contributed by atoms with Gasteiger partial charge in [0.15, 0.2) is 5.78 Å². The maximum atomic E-state index is 13.1. The van der Waals surface area contributed by atoms with Gasteiger partial charge in [-0.25, -0.2) is 8.78 Å². The third kappa shape index (κ3) is 5.07. The molecule has 0 N–H and O–H groups in total. The molecule has 0 aromatic heterocycles. The second kappa shape index (κ2) is 6.11. The molecule has 0 aliphatic heterocycles. The van der Waals surface area contributed by atoms with Crippen molar-refractivity contribution in [1.82, 2.24) is 0 Å². The summed E-state index contributed by atoms with van der Waals surface area (Å²) in [5, 5.41) is 0. The predicted molar refractivity (Wildman–Crippen MR) is 70.3 cm³/mol. The monoisotopic (exact) mass is 284 g/mol. The van der Waals surface area contributed by atoms with Gasteiger partial charge in [-0.2, -0.15) is 0 Å². The number of ketones is 1. The van der Waals surface area contributed by atoms with E-state index in [0.29, 0.717) is 6.07 Å². The first-order valence-corrected chi connectivity index (χ1v) is 6.30. The Morgan fingerprint density at radius 1 is 1.15 bits per heavy atom. The second-order valence-corrected chi connectivity index (χ2v) is 5.71. The summed E-state index contributed by atoms with van der Waals surface area (Å²) in [4.78, 5) is 23.6. The van der Waals surface area contributed by atoms with Crippen LogP contribution >= 0.6 is 0 Å². The van der Waals surface area contributed by atoms with Crippen molar-refractivity contribution in [2.24, 2.45) is 5.92 Å². The number of rotatable bonds is 4. The van der Waals surface area contributed by atoms with Crippen molar-refractivity contribution in [3.63, 3.8) is 0 Å². The molecular weight excluding hydrogens is 266 g/mol. The van der Waals surface area contributed by atoms with Crippen molar-refractivity contribution in [2.75, 3.05) is 0 Å². The van der Waals surface area contributed by atoms with E-state index in [4.69, 9.17) is 4.74 Å². The van der Waals surface area contributed by atoms with Crippen LogP contribution in [0.3, 0.4) is 0 Å². The van der Waals surface area contributed by atoms with E-state index in [-0.39, 0.29) is 12.0 Å². The lowest BCUT2D eigenvalue weighted by molar-refractivity contribution is -0.155. The smallest absolute Gasteiger partial charge is 0.307 e. The van der Waals surface area contributed by atoms with E-state index in [9.17, 15) is 18.4 Å². The molecule has 0 radical (unpaired) electrons. The molecule has 1 rings (SSSR count). The average molecular weight is 284 g/mol. The van der Waals surface area contributed by atoms with Crippen LogP contribution in [-0.2, 0) is 9.53 Å². The number of ether oxygens (including phenoxy) is 1. The third-order valence-corrected chi connectivity index (χ3v) is 2.49. The molecule has 0 spiro atoms. The molecule has 1 aromatic carbocycles. The highest BCUT2D eigenvalue weighted by atomic mass is 19.1. The molecule has 0 aliphatic rings. The van der Waals surface area contributed by atoms with Crippen LogP contribution in [-0.4, -0.2) is 17.4 Å². The van der Waals surface area contributed by atoms with Gasteiger partial charge in [-0.3, -0.25) is 9.59 Å². The number of halogens is 2. The van der Waals surface area contributed by atoms with Gasteiger partial charge in [-0.15, -0.1) is 0 Å². The Balaban J connectivity index is 2.74. The summed E-state index contributed by atoms with van der Waals surface area (Å²) in [6, 6.07) is 2.60. The Morgan fingerprint density at radius 3 is 2.10 bits per heavy atom. The molecule has 110 valence electrons. The molecule has 5 heteroatoms. The van der Waals surface area contributed by atoms with Crippen LogP contribution in [0.25, 0.3) is 0 Å². The summed E-state index contributed by atoms with van der Waals surface area (Å²) in [5.41, 5.74) is -0.719. The topological polar surface area (TPSA) is 43.4 Å². The average Bonchev–Trinajstić information content (AvgIpc) is 2.23. The lowest BCUT2D eigenvalue weighted by atomic mass is 9.96. The van der Waals surface area contributed by atoms with Gasteiger partial charge >= 0.3 is 5.97 Å². The third-order valence-electron chi connectivity index (χ3n) is 2.49. The number of hydrogen-bond acceptors (Lipinski definition) is 3. The standard InChI is InChI=1S/C15H18F2O3/c1-9(5-13(18)20-15(2,3)4)14(19)10-6-11(16)8-12(17)7-10/h6-9H,5H2,1-4H3/t9-/m1/s1. The van der Waals surface area contributed by atoms with Gasteiger partial charge in [-0.05, 0) is 32.9 Å². The highest BCUT2D eigenvalue weighted by Crippen LogP contribution is 2.17. The van der Waals surface area contributed by atoms with Crippen molar-refractivity contribution < 1.29 is 23.1 Å². The Hall–Kier alpha value is -1.78. The van der Waals surface area contributed by atoms with E-state index in [0.717, 1.165) is 12.1 Å². The maximum absolute atomic E-state index is 13.1. The van der Waals surface area contributed by atoms with Gasteiger partial charge in [0.1, 0.15) is 17.2 Å². The lowest BCUT2D eigenvalue weighted by Crippen LogP contribution is -2.26. The number of carbonyl (C=O) groups is 2. The summed E-state index contributed by atoms with van der Waals surface area (Å²) in [6.45, 7) is 6.69. The fraction of sp³-hybridized carbons (Fsp3) is 0.467. The molecule has 1 atom stereocenters. The predicted octanol–water partition coefficient (Wildman–Crippen LogP) is 3.52. The number of benzene rings is 1. The van der Waals surface area contributed by atoms with Gasteiger partial charge in [0.05, 0.1) is 6.42 Å². The fourth-order valence-corrected chi connectivity index (χ4v) is 1.71. The SMILES string of the molecule is C[C@H](CC(=O)OC(C)(C)C)C(=O)c1cc(F)cc(F)c1. The van der Waals surface area contributed by atoms with E-state index < -0.39 is 34.9 Å². The van der Waals surface area contributed by atoms with Gasteiger partial charge < -0.3 is 4.74 Å². The minimum atomic E-state index is -0.821. The molecule has 0 saturated heterocycles. The van der Waals surface area contributed by atoms with Gasteiger partial charge in [0.2, 0.25) is 0 Å². The minimum absolute atomic E-state index is 0.0847. The summed E-state index contributed by atoms with van der Waals surface area (Å²) >= 11 is 0. The van der Waals surface area contributed by atoms with E-state index in [1.54, 1.807) is 20.8 Å². The van der Waals surface area contributed by atoms with E-state index >= 15 is 0 Å².